The number of carbonyl (C=O) groups excluding carboxylic acids is 2. The summed E-state index contributed by atoms with van der Waals surface area (Å²) in [4.78, 5) is 28.0. The number of sulfonamides is 1. The first-order chi connectivity index (χ1) is 16.0. The van der Waals surface area contributed by atoms with Gasteiger partial charge in [0.1, 0.15) is 12.1 Å². The third kappa shape index (κ3) is 5.26. The fraction of sp³-hybridized carbons (Fsp3) is 0.609. The normalized spacial score (nSPS) is 24.8. The van der Waals surface area contributed by atoms with E-state index in [1.807, 2.05) is 13.0 Å². The number of nitrogens with zero attached hydrogens (tertiary/aromatic N) is 3. The zero-order chi connectivity index (χ0) is 25.1. The highest BCUT2D eigenvalue weighted by molar-refractivity contribution is 7.88. The maximum Gasteiger partial charge on any atom is 0.421 e. The average Bonchev–Trinajstić information content (AvgIpc) is 3.19. The van der Waals surface area contributed by atoms with Gasteiger partial charge in [-0.3, -0.25) is 5.41 Å². The predicted molar refractivity (Wildman–Crippen MR) is 130 cm³/mol. The van der Waals surface area contributed by atoms with Crippen molar-refractivity contribution in [3.63, 3.8) is 0 Å². The number of nitrogens with one attached hydrogen (secondary N) is 1. The Bertz CT molecular complexity index is 1010. The third-order valence-corrected chi connectivity index (χ3v) is 9.28. The summed E-state index contributed by atoms with van der Waals surface area (Å²) >= 11 is 0. The summed E-state index contributed by atoms with van der Waals surface area (Å²) in [5, 5.41) is 7.63. The second-order valence-corrected chi connectivity index (χ2v) is 11.5. The summed E-state index contributed by atoms with van der Waals surface area (Å²) in [7, 11) is -3.88. The van der Waals surface area contributed by atoms with Gasteiger partial charge in [-0.2, -0.15) is 8.79 Å². The molecule has 1 unspecified atom stereocenters. The smallest absolute Gasteiger partial charge is 0.370 e. The van der Waals surface area contributed by atoms with Crippen molar-refractivity contribution in [3.05, 3.63) is 35.9 Å². The molecule has 2 heterocycles. The second kappa shape index (κ2) is 10.4. The molecule has 1 aromatic carbocycles. The lowest BCUT2D eigenvalue weighted by Gasteiger charge is -2.39. The molecule has 0 aliphatic carbocycles. The number of piperidine rings is 1. The van der Waals surface area contributed by atoms with Gasteiger partial charge in [0.2, 0.25) is 10.0 Å². The molecule has 3 atom stereocenters. The van der Waals surface area contributed by atoms with Gasteiger partial charge in [-0.1, -0.05) is 30.3 Å². The zero-order valence-corrected chi connectivity index (χ0v) is 20.8. The van der Waals surface area contributed by atoms with Crippen LogP contribution in [-0.4, -0.2) is 78.3 Å². The molecule has 3 rings (SSSR count). The number of guanidine groups is 1. The van der Waals surface area contributed by atoms with E-state index in [9.17, 15) is 18.0 Å². The van der Waals surface area contributed by atoms with Crippen LogP contribution in [0.5, 0.6) is 0 Å². The van der Waals surface area contributed by atoms with Crippen LogP contribution in [0.4, 0.5) is 4.79 Å². The number of urea groups is 1. The third-order valence-electron chi connectivity index (χ3n) is 7.40. The molecule has 34 heavy (non-hydrogen) atoms. The first kappa shape index (κ1) is 26.1. The largest absolute Gasteiger partial charge is 0.421 e. The van der Waals surface area contributed by atoms with Gasteiger partial charge < -0.3 is 16.4 Å². The molecule has 5 N–H and O–H groups in total. The summed E-state index contributed by atoms with van der Waals surface area (Å²) in [6, 6.07) is 6.81. The lowest BCUT2D eigenvalue weighted by atomic mass is 9.96. The number of benzene rings is 1. The van der Waals surface area contributed by atoms with E-state index >= 15 is 0 Å². The van der Waals surface area contributed by atoms with E-state index in [-0.39, 0.29) is 30.2 Å². The average molecular weight is 494 g/mol. The summed E-state index contributed by atoms with van der Waals surface area (Å²) in [6.07, 6.45) is 2.68. The number of quaternary nitrogens is 1. The minimum Gasteiger partial charge on any atom is -0.370 e. The number of hydrogen-bond acceptors (Lipinski definition) is 5. The first-order valence-corrected chi connectivity index (χ1v) is 13.4. The summed E-state index contributed by atoms with van der Waals surface area (Å²) in [5.74, 6) is -0.680. The molecular weight excluding hydrogens is 456 g/mol. The Morgan fingerprint density at radius 3 is 2.29 bits per heavy atom. The highest BCUT2D eigenvalue weighted by Crippen LogP contribution is 2.31. The highest BCUT2D eigenvalue weighted by atomic mass is 32.2. The predicted octanol–water partition coefficient (Wildman–Crippen LogP) is 1.42. The van der Waals surface area contributed by atoms with Gasteiger partial charge >= 0.3 is 11.9 Å². The molecule has 2 fully saturated rings. The quantitative estimate of drug-likeness (QED) is 0.297. The van der Waals surface area contributed by atoms with Crippen molar-refractivity contribution in [1.82, 2.24) is 9.21 Å². The lowest BCUT2D eigenvalue weighted by Crippen LogP contribution is -2.66. The number of hydrogen-bond donors (Lipinski definition) is 3. The van der Waals surface area contributed by atoms with E-state index in [1.54, 1.807) is 36.1 Å². The minimum absolute atomic E-state index is 0.00599. The van der Waals surface area contributed by atoms with Crippen molar-refractivity contribution in [2.45, 2.75) is 57.4 Å². The second-order valence-electron chi connectivity index (χ2n) is 9.56. The van der Waals surface area contributed by atoms with Crippen LogP contribution < -0.4 is 11.5 Å². The van der Waals surface area contributed by atoms with Crippen LogP contribution in [0, 0.1) is 11.3 Å². The molecule has 10 nitrogen and oxygen atoms in total. The minimum atomic E-state index is -3.88. The van der Waals surface area contributed by atoms with Crippen LogP contribution in [0.2, 0.25) is 0 Å². The molecule has 0 aromatic heterocycles. The van der Waals surface area contributed by atoms with Crippen LogP contribution in [0.15, 0.2) is 30.3 Å². The molecule has 3 amide bonds. The first-order valence-electron chi connectivity index (χ1n) is 11.8. The van der Waals surface area contributed by atoms with Gasteiger partial charge in [-0.05, 0) is 38.2 Å². The summed E-state index contributed by atoms with van der Waals surface area (Å²) < 4.78 is 28.1. The number of nitrogens with two attached hydrogens (primary N) is 2. The molecule has 0 radical (unpaired) electrons. The topological polar surface area (TPSA) is 151 Å². The zero-order valence-electron chi connectivity index (χ0n) is 20.0. The fourth-order valence-electron chi connectivity index (χ4n) is 5.29. The van der Waals surface area contributed by atoms with Crippen LogP contribution >= 0.6 is 0 Å². The van der Waals surface area contributed by atoms with Crippen molar-refractivity contribution in [1.29, 1.82) is 5.41 Å². The van der Waals surface area contributed by atoms with Gasteiger partial charge in [-0.25, -0.2) is 18.0 Å². The maximum absolute atomic E-state index is 13.8. The molecule has 11 heteroatoms. The van der Waals surface area contributed by atoms with Gasteiger partial charge in [0.05, 0.1) is 12.3 Å². The number of amides is 3. The molecule has 2 saturated heterocycles. The number of primary amides is 1. The van der Waals surface area contributed by atoms with E-state index < -0.39 is 32.5 Å². The van der Waals surface area contributed by atoms with E-state index in [1.165, 1.54) is 4.31 Å². The molecule has 2 aliphatic rings. The molecule has 0 spiro atoms. The number of likely N-dealkylation sites (tertiary alicyclic amines) is 2. The Labute approximate surface area is 202 Å². The molecule has 0 saturated carbocycles. The maximum atomic E-state index is 13.8. The SMILES string of the molecule is C[C@H](C(=O)[N+]1(C(N)=O)CCC[C@H]1C)N(CC1CCN(C(=N)N)CC1)S(=O)(=O)Cc1ccccc1. The Kier molecular flexibility index (Phi) is 7.99. The Morgan fingerprint density at radius 1 is 1.18 bits per heavy atom. The summed E-state index contributed by atoms with van der Waals surface area (Å²) in [5.41, 5.74) is 12.0. The van der Waals surface area contributed by atoms with Crippen molar-refractivity contribution >= 4 is 27.9 Å². The van der Waals surface area contributed by atoms with Gasteiger partial charge in [0.15, 0.2) is 5.96 Å². The Morgan fingerprint density at radius 2 is 1.79 bits per heavy atom. The fourth-order valence-corrected chi connectivity index (χ4v) is 7.08. The van der Waals surface area contributed by atoms with Crippen molar-refractivity contribution in [2.24, 2.45) is 17.4 Å². The summed E-state index contributed by atoms with van der Waals surface area (Å²) in [6.45, 7) is 4.98. The number of carbonyl (C=O) groups is 2. The van der Waals surface area contributed by atoms with Crippen molar-refractivity contribution in [3.8, 4) is 0 Å². The van der Waals surface area contributed by atoms with Crippen LogP contribution in [0.1, 0.15) is 45.1 Å². The number of imide groups is 1. The molecular formula is C23H37N6O4S+. The molecule has 188 valence electrons. The van der Waals surface area contributed by atoms with E-state index in [4.69, 9.17) is 16.9 Å². The van der Waals surface area contributed by atoms with E-state index in [2.05, 4.69) is 0 Å². The molecule has 1 aromatic rings. The van der Waals surface area contributed by atoms with Gasteiger partial charge in [-0.15, -0.1) is 0 Å². The van der Waals surface area contributed by atoms with Crippen LogP contribution in [0.3, 0.4) is 0 Å². The van der Waals surface area contributed by atoms with E-state index in [0.717, 1.165) is 0 Å². The highest BCUT2D eigenvalue weighted by Gasteiger charge is 2.54. The van der Waals surface area contributed by atoms with Crippen LogP contribution in [-0.2, 0) is 20.6 Å². The lowest BCUT2D eigenvalue weighted by molar-refractivity contribution is -0.784. The Hall–Kier alpha value is -2.50. The standard InChI is InChI=1S/C23H36N6O4S/c1-17-7-6-14-29(17,23(26)31)21(30)18(2)28(15-19-10-12-27(13-11-19)22(24)25)34(32,33)16-20-8-4-3-5-9-20/h3-5,8-9,17-19H,6-7,10-16H2,1-2H3,(H4-,24,25,26,31)/p+1/t17-,18-,29?/m1/s1. The Balaban J connectivity index is 1.90. The molecule has 0 bridgehead atoms. The van der Waals surface area contributed by atoms with Gasteiger partial charge in [0.25, 0.3) is 0 Å². The molecule has 2 aliphatic heterocycles. The van der Waals surface area contributed by atoms with Crippen molar-refractivity contribution < 1.29 is 22.5 Å². The van der Waals surface area contributed by atoms with Gasteiger partial charge in [0, 0.05) is 32.5 Å². The number of rotatable bonds is 7. The monoisotopic (exact) mass is 493 g/mol. The van der Waals surface area contributed by atoms with Crippen molar-refractivity contribution in [2.75, 3.05) is 26.2 Å². The van der Waals surface area contributed by atoms with Crippen LogP contribution in [0.25, 0.3) is 0 Å². The van der Waals surface area contributed by atoms with E-state index in [0.29, 0.717) is 50.9 Å².